The molecular formula is C17H27NO2S. The zero-order valence-electron chi connectivity index (χ0n) is 13.7. The third kappa shape index (κ3) is 4.00. The van der Waals surface area contributed by atoms with Crippen molar-refractivity contribution in [1.82, 2.24) is 0 Å². The van der Waals surface area contributed by atoms with Gasteiger partial charge in [-0.15, -0.1) is 0 Å². The van der Waals surface area contributed by atoms with E-state index in [9.17, 15) is 8.42 Å². The molecule has 0 spiro atoms. The normalized spacial score (nSPS) is 25.6. The summed E-state index contributed by atoms with van der Waals surface area (Å²) in [6.45, 7) is 8.96. The standard InChI is InChI=1S/C17H27NO2S/c1-12-6-7-14(21(5,19)20)10-16(12)18-15-8-9-17(3,4)11-13(15)2/h6-7,10,13,15,18H,8-9,11H2,1-5H3. The first-order valence-corrected chi connectivity index (χ1v) is 9.55. The van der Waals surface area contributed by atoms with Crippen molar-refractivity contribution in [2.75, 3.05) is 11.6 Å². The van der Waals surface area contributed by atoms with Gasteiger partial charge in [-0.1, -0.05) is 26.8 Å². The summed E-state index contributed by atoms with van der Waals surface area (Å²) in [6.07, 6.45) is 4.80. The van der Waals surface area contributed by atoms with Gasteiger partial charge in [-0.25, -0.2) is 8.42 Å². The molecule has 0 amide bonds. The maximum absolute atomic E-state index is 11.7. The average Bonchev–Trinajstić information content (AvgIpc) is 2.33. The number of hydrogen-bond acceptors (Lipinski definition) is 3. The van der Waals surface area contributed by atoms with Crippen molar-refractivity contribution in [3.8, 4) is 0 Å². The lowest BCUT2D eigenvalue weighted by Crippen LogP contribution is -2.37. The monoisotopic (exact) mass is 309 g/mol. The maximum Gasteiger partial charge on any atom is 0.175 e. The zero-order valence-corrected chi connectivity index (χ0v) is 14.5. The first-order chi connectivity index (χ1) is 9.58. The molecule has 21 heavy (non-hydrogen) atoms. The largest absolute Gasteiger partial charge is 0.382 e. The molecule has 1 N–H and O–H groups in total. The second kappa shape index (κ2) is 5.64. The summed E-state index contributed by atoms with van der Waals surface area (Å²) in [5.41, 5.74) is 2.47. The molecule has 1 fully saturated rings. The van der Waals surface area contributed by atoms with Crippen LogP contribution in [0.5, 0.6) is 0 Å². The Morgan fingerprint density at radius 3 is 2.52 bits per heavy atom. The van der Waals surface area contributed by atoms with Gasteiger partial charge in [0.05, 0.1) is 4.90 Å². The number of rotatable bonds is 3. The van der Waals surface area contributed by atoms with Gasteiger partial charge in [0.2, 0.25) is 0 Å². The lowest BCUT2D eigenvalue weighted by atomic mass is 9.70. The van der Waals surface area contributed by atoms with E-state index >= 15 is 0 Å². The van der Waals surface area contributed by atoms with Crippen LogP contribution in [0.15, 0.2) is 23.1 Å². The summed E-state index contributed by atoms with van der Waals surface area (Å²) in [6, 6.07) is 5.77. The van der Waals surface area contributed by atoms with Crippen LogP contribution >= 0.6 is 0 Å². The van der Waals surface area contributed by atoms with Crippen LogP contribution in [-0.2, 0) is 9.84 Å². The van der Waals surface area contributed by atoms with E-state index in [1.165, 1.54) is 19.1 Å². The van der Waals surface area contributed by atoms with Gasteiger partial charge in [0.15, 0.2) is 9.84 Å². The third-order valence-electron chi connectivity index (χ3n) is 4.67. The Labute approximate surface area is 129 Å². The Morgan fingerprint density at radius 2 is 1.95 bits per heavy atom. The van der Waals surface area contributed by atoms with E-state index in [-0.39, 0.29) is 0 Å². The van der Waals surface area contributed by atoms with Crippen LogP contribution in [0.4, 0.5) is 5.69 Å². The molecule has 0 aliphatic heterocycles. The molecule has 0 aromatic heterocycles. The van der Waals surface area contributed by atoms with Crippen molar-refractivity contribution in [2.24, 2.45) is 11.3 Å². The summed E-state index contributed by atoms with van der Waals surface area (Å²) in [4.78, 5) is 0.388. The van der Waals surface area contributed by atoms with Crippen LogP contribution in [0.1, 0.15) is 45.6 Å². The van der Waals surface area contributed by atoms with Crippen molar-refractivity contribution >= 4 is 15.5 Å². The summed E-state index contributed by atoms with van der Waals surface area (Å²) in [5, 5.41) is 3.58. The molecule has 2 unspecified atom stereocenters. The minimum Gasteiger partial charge on any atom is -0.382 e. The van der Waals surface area contributed by atoms with Gasteiger partial charge >= 0.3 is 0 Å². The minimum atomic E-state index is -3.16. The second-order valence-electron chi connectivity index (χ2n) is 7.38. The molecule has 2 atom stereocenters. The fraction of sp³-hybridized carbons (Fsp3) is 0.647. The summed E-state index contributed by atoms with van der Waals surface area (Å²) in [5.74, 6) is 0.593. The Kier molecular flexibility index (Phi) is 4.39. The molecule has 1 saturated carbocycles. The fourth-order valence-electron chi connectivity index (χ4n) is 3.35. The first kappa shape index (κ1) is 16.3. The number of benzene rings is 1. The molecule has 1 aliphatic rings. The summed E-state index contributed by atoms with van der Waals surface area (Å²) in [7, 11) is -3.16. The van der Waals surface area contributed by atoms with Crippen LogP contribution in [0.2, 0.25) is 0 Å². The third-order valence-corrected chi connectivity index (χ3v) is 5.78. The highest BCUT2D eigenvalue weighted by molar-refractivity contribution is 7.90. The van der Waals surface area contributed by atoms with Crippen molar-refractivity contribution in [2.45, 2.75) is 57.9 Å². The van der Waals surface area contributed by atoms with Crippen molar-refractivity contribution in [3.05, 3.63) is 23.8 Å². The molecule has 0 bridgehead atoms. The highest BCUT2D eigenvalue weighted by Crippen LogP contribution is 2.39. The van der Waals surface area contributed by atoms with Crippen LogP contribution in [0.3, 0.4) is 0 Å². The Bertz CT molecular complexity index is 620. The van der Waals surface area contributed by atoms with Crippen molar-refractivity contribution < 1.29 is 8.42 Å². The molecule has 2 rings (SSSR count). The molecule has 1 aromatic rings. The van der Waals surface area contributed by atoms with Crippen molar-refractivity contribution in [1.29, 1.82) is 0 Å². The van der Waals surface area contributed by atoms with Crippen LogP contribution in [-0.4, -0.2) is 20.7 Å². The van der Waals surface area contributed by atoms with E-state index in [2.05, 4.69) is 26.1 Å². The van der Waals surface area contributed by atoms with Crippen molar-refractivity contribution in [3.63, 3.8) is 0 Å². The fourth-order valence-corrected chi connectivity index (χ4v) is 4.00. The smallest absolute Gasteiger partial charge is 0.175 e. The number of hydrogen-bond donors (Lipinski definition) is 1. The molecule has 0 radical (unpaired) electrons. The lowest BCUT2D eigenvalue weighted by Gasteiger charge is -2.40. The Balaban J connectivity index is 2.20. The molecule has 4 heteroatoms. The highest BCUT2D eigenvalue weighted by atomic mass is 32.2. The van der Waals surface area contributed by atoms with E-state index in [1.807, 2.05) is 13.0 Å². The van der Waals surface area contributed by atoms with Gasteiger partial charge in [0.25, 0.3) is 0 Å². The Morgan fingerprint density at radius 1 is 1.29 bits per heavy atom. The molecule has 1 aliphatic carbocycles. The molecule has 0 heterocycles. The predicted octanol–water partition coefficient (Wildman–Crippen LogP) is 4.03. The van der Waals surface area contributed by atoms with Crippen LogP contribution in [0, 0.1) is 18.3 Å². The molecule has 3 nitrogen and oxygen atoms in total. The minimum absolute atomic E-state index is 0.388. The zero-order chi connectivity index (χ0) is 15.8. The summed E-state index contributed by atoms with van der Waals surface area (Å²) >= 11 is 0. The lowest BCUT2D eigenvalue weighted by molar-refractivity contribution is 0.177. The van der Waals surface area contributed by atoms with E-state index in [0.717, 1.165) is 17.7 Å². The Hall–Kier alpha value is -1.03. The van der Waals surface area contributed by atoms with Gasteiger partial charge < -0.3 is 5.32 Å². The molecule has 1 aromatic carbocycles. The highest BCUT2D eigenvalue weighted by Gasteiger charge is 2.32. The first-order valence-electron chi connectivity index (χ1n) is 7.66. The van der Waals surface area contributed by atoms with Gasteiger partial charge in [-0.3, -0.25) is 0 Å². The predicted molar refractivity (Wildman–Crippen MR) is 88.5 cm³/mol. The quantitative estimate of drug-likeness (QED) is 0.917. The number of aryl methyl sites for hydroxylation is 1. The summed E-state index contributed by atoms with van der Waals surface area (Å²) < 4.78 is 23.4. The molecule has 0 saturated heterocycles. The molecule has 118 valence electrons. The van der Waals surface area contributed by atoms with Gasteiger partial charge in [-0.2, -0.15) is 0 Å². The number of sulfone groups is 1. The van der Waals surface area contributed by atoms with E-state index in [0.29, 0.717) is 22.3 Å². The van der Waals surface area contributed by atoms with Crippen LogP contribution in [0.25, 0.3) is 0 Å². The number of anilines is 1. The van der Waals surface area contributed by atoms with E-state index < -0.39 is 9.84 Å². The van der Waals surface area contributed by atoms with Gasteiger partial charge in [0.1, 0.15) is 0 Å². The molecular weight excluding hydrogens is 282 g/mol. The SMILES string of the molecule is Cc1ccc(S(C)(=O)=O)cc1NC1CCC(C)(C)CC1C. The van der Waals surface area contributed by atoms with Gasteiger partial charge in [-0.05, 0) is 55.2 Å². The second-order valence-corrected chi connectivity index (χ2v) is 9.40. The van der Waals surface area contributed by atoms with Crippen LogP contribution < -0.4 is 5.32 Å². The number of nitrogens with one attached hydrogen (secondary N) is 1. The van der Waals surface area contributed by atoms with Gasteiger partial charge in [0, 0.05) is 18.0 Å². The maximum atomic E-state index is 11.7. The van der Waals surface area contributed by atoms with E-state index in [4.69, 9.17) is 0 Å². The topological polar surface area (TPSA) is 46.2 Å². The van der Waals surface area contributed by atoms with E-state index in [1.54, 1.807) is 12.1 Å². The average molecular weight is 309 g/mol.